The number of aryl methyl sites for hydroxylation is 1. The molecule has 3 heteroatoms. The molecule has 1 aromatic rings. The molecule has 0 unspecified atom stereocenters. The van der Waals surface area contributed by atoms with Crippen molar-refractivity contribution in [1.82, 2.24) is 0 Å². The van der Waals surface area contributed by atoms with Crippen molar-refractivity contribution in [2.75, 3.05) is 0 Å². The number of hydrogen-bond donors (Lipinski definition) is 1. The average molecular weight is 206 g/mol. The summed E-state index contributed by atoms with van der Waals surface area (Å²) >= 11 is 0. The maximum absolute atomic E-state index is 10.8. The molecule has 0 atom stereocenters. The topological polar surface area (TPSA) is 46.5 Å². The Balaban J connectivity index is 2.39. The molecule has 1 N–H and O–H groups in total. The van der Waals surface area contributed by atoms with Crippen LogP contribution in [-0.2, 0) is 6.42 Å². The maximum Gasteiger partial charge on any atom is 0.335 e. The summed E-state index contributed by atoms with van der Waals surface area (Å²) in [5.41, 5.74) is 1.19. The molecule has 3 nitrogen and oxygen atoms in total. The molecule has 0 aromatic heterocycles. The number of carboxylic acids is 1. The van der Waals surface area contributed by atoms with E-state index in [9.17, 15) is 4.79 Å². The van der Waals surface area contributed by atoms with Crippen LogP contribution in [0, 0.1) is 0 Å². The Morgan fingerprint density at radius 3 is 2.87 bits per heavy atom. The third kappa shape index (κ3) is 1.96. The molecule has 80 valence electrons. The Hall–Kier alpha value is -1.51. The molecule has 0 radical (unpaired) electrons. The lowest BCUT2D eigenvalue weighted by Gasteiger charge is -2.32. The van der Waals surface area contributed by atoms with Crippen molar-refractivity contribution in [2.24, 2.45) is 0 Å². The summed E-state index contributed by atoms with van der Waals surface area (Å²) in [5.74, 6) is -0.198. The highest BCUT2D eigenvalue weighted by atomic mass is 16.5. The van der Waals surface area contributed by atoms with E-state index in [1.54, 1.807) is 12.1 Å². The summed E-state index contributed by atoms with van der Waals surface area (Å²) in [7, 11) is 0. The van der Waals surface area contributed by atoms with Gasteiger partial charge in [-0.3, -0.25) is 0 Å². The molecule has 0 bridgehead atoms. The van der Waals surface area contributed by atoms with Gasteiger partial charge in [-0.25, -0.2) is 4.79 Å². The van der Waals surface area contributed by atoms with Crippen LogP contribution in [0.3, 0.4) is 0 Å². The van der Waals surface area contributed by atoms with Gasteiger partial charge in [0.1, 0.15) is 11.4 Å². The van der Waals surface area contributed by atoms with Gasteiger partial charge in [0, 0.05) is 0 Å². The van der Waals surface area contributed by atoms with Gasteiger partial charge in [0.05, 0.1) is 5.56 Å². The summed E-state index contributed by atoms with van der Waals surface area (Å²) < 4.78 is 5.75. The van der Waals surface area contributed by atoms with E-state index in [1.165, 1.54) is 0 Å². The van der Waals surface area contributed by atoms with E-state index in [0.29, 0.717) is 5.75 Å². The van der Waals surface area contributed by atoms with E-state index in [2.05, 4.69) is 0 Å². The molecule has 0 amide bonds. The van der Waals surface area contributed by atoms with Crippen LogP contribution in [0.1, 0.15) is 36.2 Å². The highest BCUT2D eigenvalue weighted by Crippen LogP contribution is 2.33. The number of benzene rings is 1. The summed E-state index contributed by atoms with van der Waals surface area (Å²) in [4.78, 5) is 10.8. The van der Waals surface area contributed by atoms with Crippen molar-refractivity contribution in [3.8, 4) is 5.75 Å². The van der Waals surface area contributed by atoms with Gasteiger partial charge in [-0.2, -0.15) is 0 Å². The molecule has 0 saturated carbocycles. The monoisotopic (exact) mass is 206 g/mol. The first-order chi connectivity index (χ1) is 6.98. The minimum atomic E-state index is -0.912. The van der Waals surface area contributed by atoms with Crippen molar-refractivity contribution in [2.45, 2.75) is 32.3 Å². The second kappa shape index (κ2) is 3.26. The lowest BCUT2D eigenvalue weighted by molar-refractivity contribution is 0.0687. The predicted molar refractivity (Wildman–Crippen MR) is 56.4 cm³/mol. The average Bonchev–Trinajstić information content (AvgIpc) is 2.15. The zero-order chi connectivity index (χ0) is 11.1. The van der Waals surface area contributed by atoms with Crippen LogP contribution in [0.2, 0.25) is 0 Å². The SMILES string of the molecule is CC1(C)CCc2ccc(C(=O)O)cc2O1. The first-order valence-corrected chi connectivity index (χ1v) is 5.03. The van der Waals surface area contributed by atoms with Gasteiger partial charge in [0.25, 0.3) is 0 Å². The fourth-order valence-electron chi connectivity index (χ4n) is 1.77. The predicted octanol–water partition coefficient (Wildman–Crippen LogP) is 2.49. The molecule has 0 saturated heterocycles. The van der Waals surface area contributed by atoms with Crippen LogP contribution in [0.4, 0.5) is 0 Å². The van der Waals surface area contributed by atoms with E-state index in [1.807, 2.05) is 19.9 Å². The number of aromatic carboxylic acids is 1. The van der Waals surface area contributed by atoms with Gasteiger partial charge in [-0.1, -0.05) is 6.07 Å². The lowest BCUT2D eigenvalue weighted by Crippen LogP contribution is -2.32. The van der Waals surface area contributed by atoms with Crippen molar-refractivity contribution >= 4 is 5.97 Å². The zero-order valence-corrected chi connectivity index (χ0v) is 8.91. The van der Waals surface area contributed by atoms with Crippen LogP contribution in [-0.4, -0.2) is 16.7 Å². The van der Waals surface area contributed by atoms with Crippen LogP contribution < -0.4 is 4.74 Å². The number of rotatable bonds is 1. The molecule has 1 aromatic carbocycles. The standard InChI is InChI=1S/C12H14O3/c1-12(2)6-5-8-3-4-9(11(13)14)7-10(8)15-12/h3-4,7H,5-6H2,1-2H3,(H,13,14). The zero-order valence-electron chi connectivity index (χ0n) is 8.91. The van der Waals surface area contributed by atoms with Crippen molar-refractivity contribution < 1.29 is 14.6 Å². The molecule has 0 aliphatic carbocycles. The Labute approximate surface area is 88.7 Å². The first-order valence-electron chi connectivity index (χ1n) is 5.03. The van der Waals surface area contributed by atoms with Crippen molar-refractivity contribution in [3.05, 3.63) is 29.3 Å². The van der Waals surface area contributed by atoms with E-state index < -0.39 is 5.97 Å². The number of carbonyl (C=O) groups is 1. The van der Waals surface area contributed by atoms with Gasteiger partial charge in [0.15, 0.2) is 0 Å². The minimum Gasteiger partial charge on any atom is -0.488 e. The van der Waals surface area contributed by atoms with E-state index in [0.717, 1.165) is 18.4 Å². The van der Waals surface area contributed by atoms with Crippen molar-refractivity contribution in [3.63, 3.8) is 0 Å². The summed E-state index contributed by atoms with van der Waals surface area (Å²) in [6.07, 6.45) is 1.91. The van der Waals surface area contributed by atoms with Gasteiger partial charge >= 0.3 is 5.97 Å². The molecule has 0 fully saturated rings. The maximum atomic E-state index is 10.8. The fourth-order valence-corrected chi connectivity index (χ4v) is 1.77. The first kappa shape index (κ1) is 10.0. The lowest BCUT2D eigenvalue weighted by atomic mass is 9.93. The van der Waals surface area contributed by atoms with Crippen LogP contribution in [0.5, 0.6) is 5.75 Å². The van der Waals surface area contributed by atoms with Gasteiger partial charge in [0.2, 0.25) is 0 Å². The molecule has 1 aliphatic rings. The van der Waals surface area contributed by atoms with Crippen molar-refractivity contribution in [1.29, 1.82) is 0 Å². The number of fused-ring (bicyclic) bond motifs is 1. The normalized spacial score (nSPS) is 17.7. The Morgan fingerprint density at radius 1 is 1.47 bits per heavy atom. The summed E-state index contributed by atoms with van der Waals surface area (Å²) in [6, 6.07) is 5.08. The Kier molecular flexibility index (Phi) is 2.18. The highest BCUT2D eigenvalue weighted by Gasteiger charge is 2.26. The molecule has 1 aliphatic heterocycles. The number of ether oxygens (including phenoxy) is 1. The van der Waals surface area contributed by atoms with E-state index in [-0.39, 0.29) is 11.2 Å². The van der Waals surface area contributed by atoms with E-state index >= 15 is 0 Å². The third-order valence-corrected chi connectivity index (χ3v) is 2.70. The van der Waals surface area contributed by atoms with Crippen LogP contribution >= 0.6 is 0 Å². The fraction of sp³-hybridized carbons (Fsp3) is 0.417. The second-order valence-electron chi connectivity index (χ2n) is 4.49. The Morgan fingerprint density at radius 2 is 2.20 bits per heavy atom. The highest BCUT2D eigenvalue weighted by molar-refractivity contribution is 5.88. The summed E-state index contributed by atoms with van der Waals surface area (Å²) in [6.45, 7) is 4.03. The summed E-state index contributed by atoms with van der Waals surface area (Å²) in [5, 5.41) is 8.86. The molecule has 1 heterocycles. The number of hydrogen-bond acceptors (Lipinski definition) is 2. The quantitative estimate of drug-likeness (QED) is 0.767. The van der Waals surface area contributed by atoms with Gasteiger partial charge in [-0.15, -0.1) is 0 Å². The van der Waals surface area contributed by atoms with Crippen LogP contribution in [0.25, 0.3) is 0 Å². The Bertz CT molecular complexity index is 407. The minimum absolute atomic E-state index is 0.190. The molecule has 0 spiro atoms. The third-order valence-electron chi connectivity index (χ3n) is 2.70. The van der Waals surface area contributed by atoms with Gasteiger partial charge < -0.3 is 9.84 Å². The molecular formula is C12H14O3. The molecule has 2 rings (SSSR count). The van der Waals surface area contributed by atoms with Crippen LogP contribution in [0.15, 0.2) is 18.2 Å². The second-order valence-corrected chi connectivity index (χ2v) is 4.49. The largest absolute Gasteiger partial charge is 0.488 e. The van der Waals surface area contributed by atoms with E-state index in [4.69, 9.17) is 9.84 Å². The van der Waals surface area contributed by atoms with Gasteiger partial charge in [-0.05, 0) is 44.4 Å². The molecule has 15 heavy (non-hydrogen) atoms. The smallest absolute Gasteiger partial charge is 0.335 e. The number of carboxylic acid groups (broad SMARTS) is 1. The molecular weight excluding hydrogens is 192 g/mol.